The van der Waals surface area contributed by atoms with Crippen LogP contribution in [0.15, 0.2) is 10.5 Å². The van der Waals surface area contributed by atoms with Crippen LogP contribution in [0.25, 0.3) is 0 Å². The molecule has 0 unspecified atom stereocenters. The molecule has 0 spiro atoms. The minimum atomic E-state index is -5.02. The minimum absolute atomic E-state index is 0.323. The fourth-order valence-electron chi connectivity index (χ4n) is 0.804. The Balaban J connectivity index is 5.84. The first-order valence-electron chi connectivity index (χ1n) is 3.39. The second-order valence-electron chi connectivity index (χ2n) is 2.25. The second kappa shape index (κ2) is 4.20. The second-order valence-corrected chi connectivity index (χ2v) is 3.60. The molecule has 80 valence electrons. The minimum Gasteiger partial charge on any atom is -0.478 e. The molecule has 0 atom stereocenters. The Morgan fingerprint density at radius 2 is 1.57 bits per heavy atom. The van der Waals surface area contributed by atoms with Crippen LogP contribution in [0, 0.1) is 0 Å². The Kier molecular flexibility index (Phi) is 3.78. The van der Waals surface area contributed by atoms with Crippen LogP contribution >= 0.6 is 0 Å². The Hall–Kier alpha value is -1.41. The average molecular weight is 224 g/mol. The topological polar surface area (TPSA) is 129 Å². The summed E-state index contributed by atoms with van der Waals surface area (Å²) in [7, 11) is -5.02. The van der Waals surface area contributed by atoms with Crippen LogP contribution in [0.3, 0.4) is 0 Å². The average Bonchev–Trinajstić information content (AvgIpc) is 1.95. The molecule has 0 aromatic carbocycles. The van der Waals surface area contributed by atoms with Gasteiger partial charge in [0.15, 0.2) is 4.91 Å². The predicted octanol–water partition coefficient (Wildman–Crippen LogP) is -0.292. The van der Waals surface area contributed by atoms with Crippen molar-refractivity contribution in [1.29, 1.82) is 0 Å². The first-order valence-corrected chi connectivity index (χ1v) is 4.83. The lowest BCUT2D eigenvalue weighted by Crippen LogP contribution is -2.18. The van der Waals surface area contributed by atoms with Crippen LogP contribution in [-0.4, -0.2) is 35.1 Å². The van der Waals surface area contributed by atoms with Crippen LogP contribution in [0.4, 0.5) is 0 Å². The molecule has 7 nitrogen and oxygen atoms in total. The molecule has 0 amide bonds. The van der Waals surface area contributed by atoms with Gasteiger partial charge < -0.3 is 10.2 Å². The van der Waals surface area contributed by atoms with Gasteiger partial charge >= 0.3 is 22.1 Å². The summed E-state index contributed by atoms with van der Waals surface area (Å²) >= 11 is 0. The van der Waals surface area contributed by atoms with Gasteiger partial charge in [-0.1, -0.05) is 6.92 Å². The number of carboxylic acids is 2. The lowest BCUT2D eigenvalue weighted by Gasteiger charge is -2.02. The quantitative estimate of drug-likeness (QED) is 0.441. The lowest BCUT2D eigenvalue weighted by atomic mass is 10.2. The standard InChI is InChI=1S/C6H8O7S/c1-2-3(5(7)8)4(6(9)10)14(11,12)13/h2H2,1H3,(H,7,8)(H,9,10)(H,11,12,13)/b4-3-. The summed E-state index contributed by atoms with van der Waals surface area (Å²) in [5.41, 5.74) is -0.861. The van der Waals surface area contributed by atoms with E-state index in [1.807, 2.05) is 0 Å². The number of hydrogen-bond acceptors (Lipinski definition) is 4. The zero-order valence-corrected chi connectivity index (χ0v) is 7.91. The van der Waals surface area contributed by atoms with Crippen LogP contribution in [0.1, 0.15) is 13.3 Å². The highest BCUT2D eigenvalue weighted by Crippen LogP contribution is 2.14. The van der Waals surface area contributed by atoms with Gasteiger partial charge in [-0.15, -0.1) is 0 Å². The maximum Gasteiger partial charge on any atom is 0.350 e. The summed E-state index contributed by atoms with van der Waals surface area (Å²) in [4.78, 5) is 19.3. The van der Waals surface area contributed by atoms with Crippen molar-refractivity contribution in [3.05, 3.63) is 10.5 Å². The summed E-state index contributed by atoms with van der Waals surface area (Å²) in [6, 6.07) is 0. The first kappa shape index (κ1) is 12.6. The molecule has 0 saturated heterocycles. The fraction of sp³-hybridized carbons (Fsp3) is 0.333. The largest absolute Gasteiger partial charge is 0.478 e. The predicted molar refractivity (Wildman–Crippen MR) is 44.1 cm³/mol. The van der Waals surface area contributed by atoms with Gasteiger partial charge in [-0.3, -0.25) is 4.55 Å². The Morgan fingerprint density at radius 3 is 1.64 bits per heavy atom. The lowest BCUT2D eigenvalue weighted by molar-refractivity contribution is -0.135. The highest BCUT2D eigenvalue weighted by molar-refractivity contribution is 7.90. The third kappa shape index (κ3) is 2.82. The van der Waals surface area contributed by atoms with Crippen molar-refractivity contribution in [1.82, 2.24) is 0 Å². The normalized spacial score (nSPS) is 13.3. The van der Waals surface area contributed by atoms with Gasteiger partial charge in [0, 0.05) is 0 Å². The fourth-order valence-corrected chi connectivity index (χ4v) is 1.57. The summed E-state index contributed by atoms with van der Waals surface area (Å²) in [6.45, 7) is 1.26. The molecule has 0 aliphatic rings. The van der Waals surface area contributed by atoms with Crippen LogP contribution < -0.4 is 0 Å². The van der Waals surface area contributed by atoms with Crippen molar-refractivity contribution in [2.24, 2.45) is 0 Å². The highest BCUT2D eigenvalue weighted by atomic mass is 32.2. The molecular formula is C6H8O7S. The number of hydrogen-bond donors (Lipinski definition) is 3. The molecule has 0 fully saturated rings. The molecule has 3 N–H and O–H groups in total. The van der Waals surface area contributed by atoms with Gasteiger partial charge in [-0.25, -0.2) is 9.59 Å². The molecule has 0 heterocycles. The molecule has 0 aromatic rings. The maximum atomic E-state index is 10.5. The molecule has 0 aliphatic heterocycles. The van der Waals surface area contributed by atoms with Crippen LogP contribution in [0.2, 0.25) is 0 Å². The number of rotatable bonds is 4. The Morgan fingerprint density at radius 1 is 1.14 bits per heavy atom. The molecule has 0 rings (SSSR count). The molecule has 0 aliphatic carbocycles. The maximum absolute atomic E-state index is 10.5. The highest BCUT2D eigenvalue weighted by Gasteiger charge is 2.29. The van der Waals surface area contributed by atoms with E-state index in [1.54, 1.807) is 0 Å². The molecule has 14 heavy (non-hydrogen) atoms. The van der Waals surface area contributed by atoms with Crippen molar-refractivity contribution in [2.75, 3.05) is 0 Å². The zero-order valence-electron chi connectivity index (χ0n) is 7.09. The first-order chi connectivity index (χ1) is 6.21. The van der Waals surface area contributed by atoms with Crippen molar-refractivity contribution < 1.29 is 32.8 Å². The molecule has 0 aromatic heterocycles. The smallest absolute Gasteiger partial charge is 0.350 e. The van der Waals surface area contributed by atoms with E-state index >= 15 is 0 Å². The van der Waals surface area contributed by atoms with E-state index < -0.39 is 32.5 Å². The van der Waals surface area contributed by atoms with Gasteiger partial charge in [0.25, 0.3) is 0 Å². The van der Waals surface area contributed by atoms with Crippen LogP contribution in [-0.2, 0) is 19.7 Å². The van der Waals surface area contributed by atoms with Crippen molar-refractivity contribution in [3.63, 3.8) is 0 Å². The Bertz CT molecular complexity index is 388. The monoisotopic (exact) mass is 224 g/mol. The van der Waals surface area contributed by atoms with E-state index in [-0.39, 0.29) is 6.42 Å². The van der Waals surface area contributed by atoms with E-state index in [9.17, 15) is 18.0 Å². The third-order valence-corrected chi connectivity index (χ3v) is 2.27. The van der Waals surface area contributed by atoms with Gasteiger partial charge in [0.1, 0.15) is 0 Å². The Labute approximate surface area is 79.4 Å². The zero-order chi connectivity index (χ0) is 11.5. The van der Waals surface area contributed by atoms with E-state index in [2.05, 4.69) is 0 Å². The SMILES string of the molecule is CC/C(C(=O)O)=C(\C(=O)O)S(=O)(=O)O. The van der Waals surface area contributed by atoms with Gasteiger partial charge in [-0.2, -0.15) is 8.42 Å². The van der Waals surface area contributed by atoms with Gasteiger partial charge in [0.05, 0.1) is 5.57 Å². The summed E-state index contributed by atoms with van der Waals surface area (Å²) in [6.07, 6.45) is -0.323. The van der Waals surface area contributed by atoms with E-state index in [0.717, 1.165) is 0 Å². The summed E-state index contributed by atoms with van der Waals surface area (Å²) in [5, 5.41) is 16.9. The van der Waals surface area contributed by atoms with E-state index in [1.165, 1.54) is 6.92 Å². The van der Waals surface area contributed by atoms with Crippen molar-refractivity contribution in [2.45, 2.75) is 13.3 Å². The summed E-state index contributed by atoms with van der Waals surface area (Å²) in [5.74, 6) is -3.69. The molecule has 0 bridgehead atoms. The van der Waals surface area contributed by atoms with Crippen molar-refractivity contribution in [3.8, 4) is 0 Å². The molecular weight excluding hydrogens is 216 g/mol. The molecule has 0 saturated carbocycles. The number of carbonyl (C=O) groups is 2. The van der Waals surface area contributed by atoms with Gasteiger partial charge in [-0.05, 0) is 6.42 Å². The van der Waals surface area contributed by atoms with Crippen LogP contribution in [0.5, 0.6) is 0 Å². The van der Waals surface area contributed by atoms with Gasteiger partial charge in [0.2, 0.25) is 0 Å². The molecule has 8 heteroatoms. The van der Waals surface area contributed by atoms with Crippen molar-refractivity contribution >= 4 is 22.1 Å². The number of aliphatic carboxylic acids is 2. The molecule has 0 radical (unpaired) electrons. The number of carboxylic acid groups (broad SMARTS) is 2. The summed E-state index contributed by atoms with van der Waals surface area (Å²) < 4.78 is 29.5. The van der Waals surface area contributed by atoms with E-state index in [0.29, 0.717) is 0 Å². The van der Waals surface area contributed by atoms with E-state index in [4.69, 9.17) is 14.8 Å². The third-order valence-electron chi connectivity index (χ3n) is 1.34.